The molecule has 0 spiro atoms. The van der Waals surface area contributed by atoms with Gasteiger partial charge in [-0.1, -0.05) is 23.9 Å². The van der Waals surface area contributed by atoms with Crippen LogP contribution in [0.15, 0.2) is 29.3 Å². The van der Waals surface area contributed by atoms with Crippen molar-refractivity contribution in [3.63, 3.8) is 0 Å². The Morgan fingerprint density at radius 1 is 1.35 bits per heavy atom. The predicted octanol–water partition coefficient (Wildman–Crippen LogP) is 1.95. The predicted molar refractivity (Wildman–Crippen MR) is 92.1 cm³/mol. The van der Waals surface area contributed by atoms with E-state index in [0.29, 0.717) is 0 Å². The molecule has 2 atom stereocenters. The number of rotatable bonds is 3. The molecule has 6 nitrogen and oxygen atoms in total. The zero-order valence-electron chi connectivity index (χ0n) is 13.6. The van der Waals surface area contributed by atoms with Gasteiger partial charge in [0.25, 0.3) is 5.91 Å². The number of amides is 1. The lowest BCUT2D eigenvalue weighted by molar-refractivity contribution is -0.137. The second-order valence-electron chi connectivity index (χ2n) is 5.91. The minimum absolute atomic E-state index is 0.0636. The Balaban J connectivity index is 2.09. The first-order chi connectivity index (χ1) is 12.1. The average Bonchev–Trinajstić information content (AvgIpc) is 2.97. The fraction of sp³-hybridized carbons (Fsp3) is 0.467. The number of fused-ring (bicyclic) bond motifs is 1. The van der Waals surface area contributed by atoms with Crippen LogP contribution >= 0.6 is 11.8 Å². The van der Waals surface area contributed by atoms with Gasteiger partial charge in [0, 0.05) is 12.4 Å². The third kappa shape index (κ3) is 3.74. The van der Waals surface area contributed by atoms with Gasteiger partial charge in [-0.15, -0.1) is 0 Å². The van der Waals surface area contributed by atoms with E-state index >= 15 is 0 Å². The van der Waals surface area contributed by atoms with Crippen molar-refractivity contribution in [3.05, 3.63) is 29.8 Å². The highest BCUT2D eigenvalue weighted by atomic mass is 32.2. The maximum atomic E-state index is 13.4. The summed E-state index contributed by atoms with van der Waals surface area (Å²) in [4.78, 5) is 16.9. The van der Waals surface area contributed by atoms with Crippen molar-refractivity contribution >= 4 is 38.4 Å². The lowest BCUT2D eigenvalue weighted by Gasteiger charge is -2.27. The molecule has 3 rings (SSSR count). The molecule has 1 aromatic rings. The van der Waals surface area contributed by atoms with E-state index in [1.165, 1.54) is 30.2 Å². The number of anilines is 1. The Kier molecular flexibility index (Phi) is 5.06. The first-order valence-electron chi connectivity index (χ1n) is 7.55. The molecule has 11 heteroatoms. The van der Waals surface area contributed by atoms with Crippen LogP contribution in [0.25, 0.3) is 0 Å². The van der Waals surface area contributed by atoms with Crippen LogP contribution in [0.4, 0.5) is 18.9 Å². The van der Waals surface area contributed by atoms with E-state index in [4.69, 9.17) is 4.74 Å². The molecular formula is C15H15F3N2O4S2. The average molecular weight is 408 g/mol. The molecule has 26 heavy (non-hydrogen) atoms. The van der Waals surface area contributed by atoms with Gasteiger partial charge in [-0.05, 0) is 12.1 Å². The van der Waals surface area contributed by atoms with Gasteiger partial charge in [-0.2, -0.15) is 18.2 Å². The molecule has 0 aliphatic carbocycles. The SMILES string of the molecule is COCC(=O)N=C1S[C@H]2CS(=O)(=O)C[C@H]2N1c1ccccc1C(F)(F)F. The number of carbonyl (C=O) groups excluding carboxylic acids is 1. The number of halogens is 3. The molecule has 0 N–H and O–H groups in total. The zero-order chi connectivity index (χ0) is 19.1. The minimum Gasteiger partial charge on any atom is -0.375 e. The van der Waals surface area contributed by atoms with Gasteiger partial charge in [0.2, 0.25) is 0 Å². The summed E-state index contributed by atoms with van der Waals surface area (Å²) in [5.41, 5.74) is -1.11. The number of para-hydroxylation sites is 1. The number of hydrogen-bond donors (Lipinski definition) is 0. The van der Waals surface area contributed by atoms with Crippen LogP contribution in [0.5, 0.6) is 0 Å². The molecule has 0 bridgehead atoms. The molecule has 0 unspecified atom stereocenters. The Morgan fingerprint density at radius 3 is 2.69 bits per heavy atom. The molecule has 2 aliphatic heterocycles. The number of methoxy groups -OCH3 is 1. The van der Waals surface area contributed by atoms with Crippen molar-refractivity contribution in [1.29, 1.82) is 0 Å². The van der Waals surface area contributed by atoms with E-state index < -0.39 is 38.8 Å². The van der Waals surface area contributed by atoms with Crippen molar-refractivity contribution in [2.75, 3.05) is 30.1 Å². The number of sulfone groups is 1. The maximum absolute atomic E-state index is 13.4. The molecule has 0 saturated carbocycles. The highest BCUT2D eigenvalue weighted by Crippen LogP contribution is 2.45. The lowest BCUT2D eigenvalue weighted by atomic mass is 10.1. The molecule has 1 aromatic carbocycles. The summed E-state index contributed by atoms with van der Waals surface area (Å²) < 4.78 is 68.9. The van der Waals surface area contributed by atoms with Gasteiger partial charge in [0.1, 0.15) is 6.61 Å². The van der Waals surface area contributed by atoms with E-state index in [1.54, 1.807) is 0 Å². The van der Waals surface area contributed by atoms with Crippen LogP contribution in [0, 0.1) is 0 Å². The second-order valence-corrected chi connectivity index (χ2v) is 9.27. The quantitative estimate of drug-likeness (QED) is 0.761. The highest BCUT2D eigenvalue weighted by molar-refractivity contribution is 8.16. The summed E-state index contributed by atoms with van der Waals surface area (Å²) in [7, 11) is -2.06. The zero-order valence-corrected chi connectivity index (χ0v) is 15.2. The molecule has 2 fully saturated rings. The van der Waals surface area contributed by atoms with Crippen molar-refractivity contribution < 1.29 is 31.1 Å². The monoisotopic (exact) mass is 408 g/mol. The van der Waals surface area contributed by atoms with E-state index in [-0.39, 0.29) is 29.0 Å². The normalized spacial score (nSPS) is 26.3. The number of benzene rings is 1. The summed E-state index contributed by atoms with van der Waals surface area (Å²) in [6, 6.07) is 4.16. The summed E-state index contributed by atoms with van der Waals surface area (Å²) in [5.74, 6) is -1.09. The third-order valence-corrected chi connectivity index (χ3v) is 7.23. The number of nitrogens with zero attached hydrogens (tertiary/aromatic N) is 2. The standard InChI is InChI=1S/C15H15F3N2O4S2/c1-24-6-13(21)19-14-20(11-7-26(22,23)8-12(11)25-14)10-5-3-2-4-9(10)15(16,17)18/h2-5,11-12H,6-8H2,1H3/t11-,12+/m1/s1. The summed E-state index contributed by atoms with van der Waals surface area (Å²) in [6.45, 7) is -0.313. The number of thioether (sulfide) groups is 1. The number of amidine groups is 1. The van der Waals surface area contributed by atoms with Crippen LogP contribution < -0.4 is 4.90 Å². The summed E-state index contributed by atoms with van der Waals surface area (Å²) in [5, 5.41) is -0.413. The molecular weight excluding hydrogens is 393 g/mol. The number of alkyl halides is 3. The molecule has 2 saturated heterocycles. The minimum atomic E-state index is -4.63. The lowest BCUT2D eigenvalue weighted by Crippen LogP contribution is -2.39. The molecule has 1 amide bonds. The van der Waals surface area contributed by atoms with Gasteiger partial charge < -0.3 is 9.64 Å². The van der Waals surface area contributed by atoms with E-state index in [9.17, 15) is 26.4 Å². The van der Waals surface area contributed by atoms with Crippen molar-refractivity contribution in [2.24, 2.45) is 4.99 Å². The highest BCUT2D eigenvalue weighted by Gasteiger charge is 2.51. The third-order valence-electron chi connectivity index (χ3n) is 4.02. The maximum Gasteiger partial charge on any atom is 0.418 e. The molecule has 2 heterocycles. The van der Waals surface area contributed by atoms with Crippen LogP contribution in [0.3, 0.4) is 0 Å². The Hall–Kier alpha value is -1.59. The van der Waals surface area contributed by atoms with Gasteiger partial charge in [-0.25, -0.2) is 8.42 Å². The van der Waals surface area contributed by atoms with Gasteiger partial charge in [0.05, 0.1) is 28.8 Å². The van der Waals surface area contributed by atoms with Crippen LogP contribution in [0.2, 0.25) is 0 Å². The van der Waals surface area contributed by atoms with Crippen LogP contribution in [-0.4, -0.2) is 56.0 Å². The van der Waals surface area contributed by atoms with Crippen molar-refractivity contribution in [1.82, 2.24) is 0 Å². The number of ether oxygens (including phenoxy) is 1. The van der Waals surface area contributed by atoms with Crippen LogP contribution in [0.1, 0.15) is 5.56 Å². The Morgan fingerprint density at radius 2 is 2.04 bits per heavy atom. The number of carbonyl (C=O) groups is 1. The van der Waals surface area contributed by atoms with Gasteiger partial charge in [-0.3, -0.25) is 4.79 Å². The smallest absolute Gasteiger partial charge is 0.375 e. The molecule has 0 radical (unpaired) electrons. The summed E-state index contributed by atoms with van der Waals surface area (Å²) >= 11 is 1.01. The Labute approximate surface area is 152 Å². The second kappa shape index (κ2) is 6.86. The first-order valence-corrected chi connectivity index (χ1v) is 10.3. The van der Waals surface area contributed by atoms with E-state index in [1.807, 2.05) is 0 Å². The van der Waals surface area contributed by atoms with E-state index in [0.717, 1.165) is 17.8 Å². The largest absolute Gasteiger partial charge is 0.418 e. The molecule has 2 aliphatic rings. The fourth-order valence-corrected chi connectivity index (χ4v) is 6.96. The number of aliphatic imine (C=N–C) groups is 1. The molecule has 142 valence electrons. The fourth-order valence-electron chi connectivity index (χ4n) is 3.03. The van der Waals surface area contributed by atoms with Crippen LogP contribution in [-0.2, 0) is 25.5 Å². The van der Waals surface area contributed by atoms with Gasteiger partial charge in [0.15, 0.2) is 15.0 Å². The topological polar surface area (TPSA) is 76.0 Å². The Bertz CT molecular complexity index is 855. The summed E-state index contributed by atoms with van der Waals surface area (Å²) in [6.07, 6.45) is -4.63. The van der Waals surface area contributed by atoms with E-state index in [2.05, 4.69) is 4.99 Å². The van der Waals surface area contributed by atoms with Crippen molar-refractivity contribution in [2.45, 2.75) is 17.5 Å². The number of hydrogen-bond acceptors (Lipinski definition) is 5. The molecule has 0 aromatic heterocycles. The first kappa shape index (κ1) is 19.2. The van der Waals surface area contributed by atoms with Gasteiger partial charge >= 0.3 is 6.18 Å². The van der Waals surface area contributed by atoms with Crippen molar-refractivity contribution in [3.8, 4) is 0 Å².